The number of hydrogen-bond donors (Lipinski definition) is 3. The van der Waals surface area contributed by atoms with Crippen molar-refractivity contribution in [1.29, 1.82) is 0 Å². The summed E-state index contributed by atoms with van der Waals surface area (Å²) in [6.07, 6.45) is 2.94. The van der Waals surface area contributed by atoms with Crippen molar-refractivity contribution in [3.63, 3.8) is 0 Å². The molecule has 0 aliphatic rings. The predicted molar refractivity (Wildman–Crippen MR) is 66.1 cm³/mol. The third kappa shape index (κ3) is 3.34. The maximum absolute atomic E-state index is 10.8. The number of carbonyl (C=O) groups excluding carboxylic acids is 1. The van der Waals surface area contributed by atoms with Crippen LogP contribution in [0.2, 0.25) is 0 Å². The Morgan fingerprint density at radius 1 is 1.47 bits per heavy atom. The minimum Gasteiger partial charge on any atom is -0.370 e. The van der Waals surface area contributed by atoms with E-state index in [1.165, 1.54) is 17.3 Å². The number of nitrogen functional groups attached to an aromatic ring is 1. The van der Waals surface area contributed by atoms with Gasteiger partial charge in [0.2, 0.25) is 17.8 Å². The van der Waals surface area contributed by atoms with Crippen molar-refractivity contribution in [2.75, 3.05) is 11.1 Å². The second-order valence-electron chi connectivity index (χ2n) is 3.87. The fourth-order valence-corrected chi connectivity index (χ4v) is 1.43. The summed E-state index contributed by atoms with van der Waals surface area (Å²) in [5, 5.41) is 6.80. The molecule has 0 aromatic carbocycles. The number of rotatable bonds is 5. The Kier molecular flexibility index (Phi) is 3.50. The van der Waals surface area contributed by atoms with Crippen LogP contribution in [0.4, 0.5) is 11.9 Å². The van der Waals surface area contributed by atoms with Crippen LogP contribution in [-0.2, 0) is 4.79 Å². The molecule has 1 unspecified atom stereocenters. The number of amides is 1. The summed E-state index contributed by atoms with van der Waals surface area (Å²) < 4.78 is 1.35. The monoisotopic (exact) mass is 263 g/mol. The van der Waals surface area contributed by atoms with Crippen molar-refractivity contribution in [3.05, 3.63) is 12.7 Å². The third-order valence-corrected chi connectivity index (χ3v) is 2.15. The van der Waals surface area contributed by atoms with E-state index in [1.54, 1.807) is 6.92 Å². The number of nitrogens with one attached hydrogen (secondary N) is 1. The lowest BCUT2D eigenvalue weighted by molar-refractivity contribution is -0.118. The number of nitrogens with zero attached hydrogens (tertiary/aromatic N) is 6. The first-order chi connectivity index (χ1) is 9.04. The van der Waals surface area contributed by atoms with Crippen LogP contribution in [0.1, 0.15) is 13.3 Å². The summed E-state index contributed by atoms with van der Waals surface area (Å²) >= 11 is 0. The molecule has 0 saturated carbocycles. The van der Waals surface area contributed by atoms with Crippen molar-refractivity contribution in [3.8, 4) is 5.95 Å². The summed E-state index contributed by atoms with van der Waals surface area (Å²) in [5.41, 5.74) is 10.7. The Morgan fingerprint density at radius 3 is 2.89 bits per heavy atom. The molecule has 100 valence electrons. The first kappa shape index (κ1) is 12.7. The summed E-state index contributed by atoms with van der Waals surface area (Å²) in [7, 11) is 0. The maximum atomic E-state index is 10.8. The fourth-order valence-electron chi connectivity index (χ4n) is 1.43. The molecule has 0 aliphatic carbocycles. The van der Waals surface area contributed by atoms with E-state index >= 15 is 0 Å². The van der Waals surface area contributed by atoms with Gasteiger partial charge in [-0.15, -0.1) is 0 Å². The van der Waals surface area contributed by atoms with Crippen LogP contribution in [0.25, 0.3) is 5.95 Å². The van der Waals surface area contributed by atoms with E-state index in [4.69, 9.17) is 11.5 Å². The van der Waals surface area contributed by atoms with E-state index in [1.807, 2.05) is 0 Å². The molecule has 1 amide bonds. The lowest BCUT2D eigenvalue weighted by Crippen LogP contribution is -2.25. The standard InChI is InChI=1S/C9H13N9O/c1-5(2-6(10)19)14-8-15-7(11)16-9(17-8)18-4-12-3-13-18/h3-5H,2H2,1H3,(H2,10,19)(H3,11,14,15,16,17). The van der Waals surface area contributed by atoms with Gasteiger partial charge in [-0.05, 0) is 6.92 Å². The molecule has 0 bridgehead atoms. The van der Waals surface area contributed by atoms with Gasteiger partial charge in [0.25, 0.3) is 5.95 Å². The number of hydrogen-bond acceptors (Lipinski definition) is 8. The van der Waals surface area contributed by atoms with Crippen LogP contribution >= 0.6 is 0 Å². The Balaban J connectivity index is 2.20. The smallest absolute Gasteiger partial charge is 0.258 e. The summed E-state index contributed by atoms with van der Waals surface area (Å²) in [6.45, 7) is 1.78. The van der Waals surface area contributed by atoms with Crippen molar-refractivity contribution >= 4 is 17.8 Å². The van der Waals surface area contributed by atoms with E-state index in [-0.39, 0.29) is 30.3 Å². The molecule has 10 nitrogen and oxygen atoms in total. The number of anilines is 2. The van der Waals surface area contributed by atoms with Gasteiger partial charge < -0.3 is 16.8 Å². The molecule has 2 rings (SSSR count). The molecule has 0 aliphatic heterocycles. The molecule has 0 radical (unpaired) electrons. The van der Waals surface area contributed by atoms with Gasteiger partial charge in [0.1, 0.15) is 12.7 Å². The van der Waals surface area contributed by atoms with Gasteiger partial charge in [-0.25, -0.2) is 4.98 Å². The van der Waals surface area contributed by atoms with Crippen LogP contribution in [0, 0.1) is 0 Å². The van der Waals surface area contributed by atoms with Crippen molar-refractivity contribution in [2.45, 2.75) is 19.4 Å². The third-order valence-electron chi connectivity index (χ3n) is 2.15. The molecule has 2 aromatic rings. The van der Waals surface area contributed by atoms with Crippen molar-refractivity contribution in [2.24, 2.45) is 5.73 Å². The van der Waals surface area contributed by atoms with Gasteiger partial charge in [0, 0.05) is 12.5 Å². The first-order valence-electron chi connectivity index (χ1n) is 5.46. The zero-order valence-corrected chi connectivity index (χ0v) is 10.2. The van der Waals surface area contributed by atoms with Gasteiger partial charge >= 0.3 is 0 Å². The number of nitrogens with two attached hydrogens (primary N) is 2. The highest BCUT2D eigenvalue weighted by Crippen LogP contribution is 2.07. The van der Waals surface area contributed by atoms with E-state index in [0.717, 1.165) is 0 Å². The molecule has 10 heteroatoms. The van der Waals surface area contributed by atoms with Crippen molar-refractivity contribution in [1.82, 2.24) is 29.7 Å². The van der Waals surface area contributed by atoms with Crippen LogP contribution in [0.3, 0.4) is 0 Å². The number of carbonyl (C=O) groups is 1. The minimum atomic E-state index is -0.418. The summed E-state index contributed by atoms with van der Waals surface area (Å²) in [4.78, 5) is 26.6. The molecule has 0 spiro atoms. The second kappa shape index (κ2) is 5.25. The van der Waals surface area contributed by atoms with E-state index in [9.17, 15) is 4.79 Å². The normalized spacial score (nSPS) is 12.1. The average molecular weight is 263 g/mol. The summed E-state index contributed by atoms with van der Waals surface area (Å²) in [5.74, 6) is 0.0957. The maximum Gasteiger partial charge on any atom is 0.258 e. The van der Waals surface area contributed by atoms with E-state index in [0.29, 0.717) is 0 Å². The lowest BCUT2D eigenvalue weighted by atomic mass is 10.2. The van der Waals surface area contributed by atoms with E-state index in [2.05, 4.69) is 30.4 Å². The molecule has 2 aromatic heterocycles. The molecule has 19 heavy (non-hydrogen) atoms. The van der Waals surface area contributed by atoms with Crippen LogP contribution in [-0.4, -0.2) is 41.7 Å². The molecule has 0 saturated heterocycles. The topological polar surface area (TPSA) is 151 Å². The van der Waals surface area contributed by atoms with Gasteiger partial charge in [-0.2, -0.15) is 24.7 Å². The average Bonchev–Trinajstić information content (AvgIpc) is 2.79. The first-order valence-corrected chi connectivity index (χ1v) is 5.46. The van der Waals surface area contributed by atoms with Crippen LogP contribution < -0.4 is 16.8 Å². The van der Waals surface area contributed by atoms with Gasteiger partial charge in [0.15, 0.2) is 0 Å². The Bertz CT molecular complexity index is 567. The fraction of sp³-hybridized carbons (Fsp3) is 0.333. The summed E-state index contributed by atoms with van der Waals surface area (Å²) in [6, 6.07) is -0.220. The van der Waals surface area contributed by atoms with Crippen LogP contribution in [0.5, 0.6) is 0 Å². The predicted octanol–water partition coefficient (Wildman–Crippen LogP) is -1.29. The highest BCUT2D eigenvalue weighted by molar-refractivity contribution is 5.74. The molecule has 0 fully saturated rings. The highest BCUT2D eigenvalue weighted by Gasteiger charge is 2.11. The Hall–Kier alpha value is -2.78. The SMILES string of the molecule is CC(CC(N)=O)Nc1nc(N)nc(-n2cncn2)n1. The zero-order chi connectivity index (χ0) is 13.8. The Labute approximate surface area is 108 Å². The lowest BCUT2D eigenvalue weighted by Gasteiger charge is -2.12. The zero-order valence-electron chi connectivity index (χ0n) is 10.2. The largest absolute Gasteiger partial charge is 0.370 e. The molecule has 2 heterocycles. The molecular formula is C9H13N9O. The Morgan fingerprint density at radius 2 is 2.26 bits per heavy atom. The molecular weight excluding hydrogens is 250 g/mol. The van der Waals surface area contributed by atoms with Gasteiger partial charge in [0.05, 0.1) is 0 Å². The van der Waals surface area contributed by atoms with Gasteiger partial charge in [-0.3, -0.25) is 4.79 Å². The van der Waals surface area contributed by atoms with E-state index < -0.39 is 5.91 Å². The minimum absolute atomic E-state index is 0.0364. The number of aromatic nitrogens is 6. The quantitative estimate of drug-likeness (QED) is 0.602. The second-order valence-corrected chi connectivity index (χ2v) is 3.87. The van der Waals surface area contributed by atoms with Gasteiger partial charge in [-0.1, -0.05) is 0 Å². The van der Waals surface area contributed by atoms with Crippen molar-refractivity contribution < 1.29 is 4.79 Å². The highest BCUT2D eigenvalue weighted by atomic mass is 16.1. The number of primary amides is 1. The molecule has 5 N–H and O–H groups in total. The molecule has 1 atom stereocenters. The van der Waals surface area contributed by atoms with Crippen LogP contribution in [0.15, 0.2) is 12.7 Å².